The summed E-state index contributed by atoms with van der Waals surface area (Å²) in [6.07, 6.45) is 5.39. The fraction of sp³-hybridized carbons (Fsp3) is 0.500. The van der Waals surface area contributed by atoms with Crippen LogP contribution in [-0.2, 0) is 27.1 Å². The number of hydrogen-bond acceptors (Lipinski definition) is 5. The number of ether oxygens (including phenoxy) is 2. The maximum Gasteiger partial charge on any atom is 0.414 e. The predicted octanol–water partition coefficient (Wildman–Crippen LogP) is 6.45. The van der Waals surface area contributed by atoms with Crippen LogP contribution >= 0.6 is 11.6 Å². The van der Waals surface area contributed by atoms with Gasteiger partial charge in [-0.15, -0.1) is 0 Å². The molecule has 1 amide bonds. The molecule has 2 aliphatic rings. The third kappa shape index (κ3) is 5.12. The highest BCUT2D eigenvalue weighted by atomic mass is 35.5. The summed E-state index contributed by atoms with van der Waals surface area (Å²) in [5, 5.41) is 10.8. The number of nitrogens with zero attached hydrogens (tertiary/aromatic N) is 3. The summed E-state index contributed by atoms with van der Waals surface area (Å²) in [6.45, 7) is 3.92. The van der Waals surface area contributed by atoms with Crippen molar-refractivity contribution in [1.29, 1.82) is 0 Å². The second-order valence-corrected chi connectivity index (χ2v) is 11.2. The number of benzene rings is 2. The minimum Gasteiger partial charge on any atom is -0.481 e. The third-order valence-electron chi connectivity index (χ3n) is 8.52. The first kappa shape index (κ1) is 27.5. The first-order valence-corrected chi connectivity index (χ1v) is 14.0. The maximum absolute atomic E-state index is 12.7. The van der Waals surface area contributed by atoms with Crippen LogP contribution in [0.5, 0.6) is 0 Å². The van der Waals surface area contributed by atoms with Crippen molar-refractivity contribution in [2.45, 2.75) is 82.9 Å². The smallest absolute Gasteiger partial charge is 0.414 e. The van der Waals surface area contributed by atoms with E-state index < -0.39 is 11.9 Å². The fourth-order valence-corrected chi connectivity index (χ4v) is 6.46. The van der Waals surface area contributed by atoms with Gasteiger partial charge in [0.25, 0.3) is 0 Å². The number of carboxylic acids is 1. The molecule has 0 saturated heterocycles. The first-order valence-electron chi connectivity index (χ1n) is 13.6. The largest absolute Gasteiger partial charge is 0.481 e. The van der Waals surface area contributed by atoms with Crippen molar-refractivity contribution in [2.75, 3.05) is 19.1 Å². The quantitative estimate of drug-likeness (QED) is 0.377. The molecule has 1 aliphatic carbocycles. The van der Waals surface area contributed by atoms with Gasteiger partial charge in [-0.3, -0.25) is 9.69 Å². The number of methoxy groups -OCH3 is 2. The predicted molar refractivity (Wildman–Crippen MR) is 151 cm³/mol. The maximum atomic E-state index is 12.7. The van der Waals surface area contributed by atoms with Crippen molar-refractivity contribution in [3.8, 4) is 0 Å². The molecule has 1 fully saturated rings. The molecule has 0 radical (unpaired) electrons. The summed E-state index contributed by atoms with van der Waals surface area (Å²) in [4.78, 5) is 32.1. The van der Waals surface area contributed by atoms with E-state index in [2.05, 4.69) is 4.57 Å². The molecule has 9 heteroatoms. The van der Waals surface area contributed by atoms with E-state index >= 15 is 0 Å². The Morgan fingerprint density at radius 1 is 1.13 bits per heavy atom. The van der Waals surface area contributed by atoms with Crippen LogP contribution in [0.3, 0.4) is 0 Å². The number of anilines is 1. The van der Waals surface area contributed by atoms with Crippen LogP contribution in [0, 0.1) is 6.92 Å². The highest BCUT2D eigenvalue weighted by molar-refractivity contribution is 6.31. The van der Waals surface area contributed by atoms with E-state index in [0.29, 0.717) is 10.6 Å². The molecule has 5 rings (SSSR count). The normalized spacial score (nSPS) is 22.0. The van der Waals surface area contributed by atoms with Crippen molar-refractivity contribution in [1.82, 2.24) is 9.55 Å². The van der Waals surface area contributed by atoms with Gasteiger partial charge >= 0.3 is 12.1 Å². The van der Waals surface area contributed by atoms with Crippen LogP contribution in [0.15, 0.2) is 30.3 Å². The first-order chi connectivity index (χ1) is 18.7. The highest BCUT2D eigenvalue weighted by Gasteiger charge is 2.34. The summed E-state index contributed by atoms with van der Waals surface area (Å²) < 4.78 is 13.0. The molecular weight excluding hydrogens is 518 g/mol. The lowest BCUT2D eigenvalue weighted by Gasteiger charge is -2.34. The van der Waals surface area contributed by atoms with Crippen LogP contribution in [0.1, 0.15) is 73.5 Å². The number of carbonyl (C=O) groups is 2. The molecule has 39 heavy (non-hydrogen) atoms. The number of carboxylic acid groups (broad SMARTS) is 1. The zero-order chi connectivity index (χ0) is 27.8. The number of rotatable bonds is 6. The van der Waals surface area contributed by atoms with Crippen LogP contribution in [0.2, 0.25) is 5.02 Å². The zero-order valence-corrected chi connectivity index (χ0v) is 23.7. The number of amides is 1. The number of imidazole rings is 1. The lowest BCUT2D eigenvalue weighted by molar-refractivity contribution is -0.138. The van der Waals surface area contributed by atoms with Crippen molar-refractivity contribution in [3.05, 3.63) is 57.9 Å². The molecule has 1 N–H and O–H groups in total. The lowest BCUT2D eigenvalue weighted by Crippen LogP contribution is -2.42. The molecule has 8 nitrogen and oxygen atoms in total. The fourth-order valence-electron chi connectivity index (χ4n) is 6.27. The number of fused-ring (bicyclic) bond motifs is 3. The number of halogens is 1. The van der Waals surface area contributed by atoms with Crippen LogP contribution < -0.4 is 4.90 Å². The third-order valence-corrected chi connectivity index (χ3v) is 8.93. The van der Waals surface area contributed by atoms with E-state index in [1.165, 1.54) is 7.11 Å². The Bertz CT molecular complexity index is 1390. The van der Waals surface area contributed by atoms with Gasteiger partial charge in [-0.2, -0.15) is 0 Å². The minimum atomic E-state index is -0.913. The van der Waals surface area contributed by atoms with Crippen LogP contribution in [0.4, 0.5) is 10.5 Å². The monoisotopic (exact) mass is 553 g/mol. The number of carbonyl (C=O) groups excluding carboxylic acids is 1. The van der Waals surface area contributed by atoms with Gasteiger partial charge in [0.05, 0.1) is 35.9 Å². The number of aromatic nitrogens is 2. The number of hydrogen-bond donors (Lipinski definition) is 1. The molecule has 3 aromatic rings. The topological polar surface area (TPSA) is 93.9 Å². The van der Waals surface area contributed by atoms with Gasteiger partial charge in [0.2, 0.25) is 0 Å². The zero-order valence-electron chi connectivity index (χ0n) is 22.9. The van der Waals surface area contributed by atoms with Gasteiger partial charge in [0.15, 0.2) is 0 Å². The van der Waals surface area contributed by atoms with Gasteiger partial charge in [-0.1, -0.05) is 23.7 Å². The van der Waals surface area contributed by atoms with Crippen molar-refractivity contribution in [3.63, 3.8) is 0 Å². The van der Waals surface area contributed by atoms with Crippen molar-refractivity contribution < 1.29 is 24.2 Å². The van der Waals surface area contributed by atoms with E-state index in [9.17, 15) is 14.7 Å². The standard InChI is InChI=1S/C30H36ClN3O5/c1-17-5-7-19(15-24(17)31)23(29(35)36)16-27-32-28-22-12-6-18(2)33(30(37)39-4)25(22)13-14-26(28)34(27)20-8-10-21(38-3)11-9-20/h5,7,13-15,18,20-21,23H,6,8-12,16H2,1-4H3,(H,35,36)/t18-,20?,21?,23?/m0/s1. The highest BCUT2D eigenvalue weighted by Crippen LogP contribution is 2.40. The Morgan fingerprint density at radius 2 is 1.87 bits per heavy atom. The number of aryl methyl sites for hydroxylation is 2. The van der Waals surface area contributed by atoms with Crippen molar-refractivity contribution in [2.24, 2.45) is 0 Å². The average Bonchev–Trinajstić information content (AvgIpc) is 3.31. The SMILES string of the molecule is COC(=O)N1c2ccc3c(nc(CC(C(=O)O)c4ccc(C)c(Cl)c4)n3C3CCC(OC)CC3)c2CC[C@@H]1C. The van der Waals surface area contributed by atoms with E-state index in [-0.39, 0.29) is 30.7 Å². The Balaban J connectivity index is 1.63. The molecule has 1 unspecified atom stereocenters. The lowest BCUT2D eigenvalue weighted by atomic mass is 9.91. The Morgan fingerprint density at radius 3 is 2.51 bits per heavy atom. The van der Waals surface area contributed by atoms with E-state index in [1.807, 2.05) is 38.1 Å². The molecule has 1 saturated carbocycles. The van der Waals surface area contributed by atoms with Gasteiger partial charge < -0.3 is 19.1 Å². The molecule has 0 bridgehead atoms. The molecule has 2 aromatic carbocycles. The van der Waals surface area contributed by atoms with Crippen LogP contribution in [0.25, 0.3) is 11.0 Å². The molecule has 208 valence electrons. The minimum absolute atomic E-state index is 0.0101. The second-order valence-electron chi connectivity index (χ2n) is 10.8. The Hall–Kier alpha value is -3.10. The Labute approximate surface area is 233 Å². The molecule has 1 aromatic heterocycles. The van der Waals surface area contributed by atoms with Crippen molar-refractivity contribution >= 4 is 40.4 Å². The number of aliphatic carboxylic acids is 1. The summed E-state index contributed by atoms with van der Waals surface area (Å²) in [5.41, 5.74) is 5.20. The van der Waals surface area contributed by atoms with Gasteiger partial charge in [-0.25, -0.2) is 9.78 Å². The molecule has 2 heterocycles. The van der Waals surface area contributed by atoms with Gasteiger partial charge in [0, 0.05) is 36.2 Å². The molecule has 1 aliphatic heterocycles. The van der Waals surface area contributed by atoms with Crippen LogP contribution in [-0.4, -0.2) is 53.1 Å². The van der Waals surface area contributed by atoms with Gasteiger partial charge in [-0.05, 0) is 81.7 Å². The summed E-state index contributed by atoms with van der Waals surface area (Å²) in [6, 6.07) is 9.67. The van der Waals surface area contributed by atoms with E-state index in [0.717, 1.165) is 72.2 Å². The summed E-state index contributed by atoms with van der Waals surface area (Å²) >= 11 is 6.38. The average molecular weight is 554 g/mol. The molecular formula is C30H36ClN3O5. The Kier molecular flexibility index (Phi) is 7.87. The second kappa shape index (κ2) is 11.2. The van der Waals surface area contributed by atoms with E-state index in [1.54, 1.807) is 18.1 Å². The van der Waals surface area contributed by atoms with E-state index in [4.69, 9.17) is 26.1 Å². The molecule has 2 atom stereocenters. The molecule has 0 spiro atoms. The summed E-state index contributed by atoms with van der Waals surface area (Å²) in [7, 11) is 3.15. The van der Waals surface area contributed by atoms with Gasteiger partial charge in [0.1, 0.15) is 5.82 Å². The summed E-state index contributed by atoms with van der Waals surface area (Å²) in [5.74, 6) is -0.965.